The smallest absolute Gasteiger partial charge is 0.329 e. The average molecular weight is 324 g/mol. The molecule has 21 heavy (non-hydrogen) atoms. The number of sulfonamides is 1. The van der Waals surface area contributed by atoms with Gasteiger partial charge in [-0.2, -0.15) is 0 Å². The van der Waals surface area contributed by atoms with Gasteiger partial charge in [0.25, 0.3) is 10.0 Å². The predicted molar refractivity (Wildman–Crippen MR) is 82.8 cm³/mol. The molecule has 0 bridgehead atoms. The number of rotatable bonds is 4. The first kappa shape index (κ1) is 15.5. The molecule has 0 saturated carbocycles. The Labute approximate surface area is 128 Å². The summed E-state index contributed by atoms with van der Waals surface area (Å²) in [6.45, 7) is 3.66. The number of thiophene rings is 1. The molecule has 1 aromatic carbocycles. The molecule has 2 aromatic rings. The standard InChI is InChI=1S/C14H16N2O3S2/c1-10-5-7-12(8-6-10)21(18,19)16-14(17)15-11(2)13-4-3-9-20-13/h3-9,11H,1-2H3,(H2,15,16,17). The van der Waals surface area contributed by atoms with Crippen LogP contribution in [-0.4, -0.2) is 14.4 Å². The summed E-state index contributed by atoms with van der Waals surface area (Å²) >= 11 is 1.50. The second-order valence-corrected chi connectivity index (χ2v) is 7.29. The van der Waals surface area contributed by atoms with Gasteiger partial charge in [0.1, 0.15) is 0 Å². The Morgan fingerprint density at radius 1 is 1.19 bits per heavy atom. The minimum atomic E-state index is -3.85. The molecule has 112 valence electrons. The lowest BCUT2D eigenvalue weighted by molar-refractivity contribution is 0.243. The van der Waals surface area contributed by atoms with E-state index in [0.29, 0.717) is 0 Å². The second kappa shape index (κ2) is 6.28. The van der Waals surface area contributed by atoms with E-state index in [0.717, 1.165) is 10.4 Å². The molecule has 0 radical (unpaired) electrons. The SMILES string of the molecule is Cc1ccc(S(=O)(=O)NC(=O)NC(C)c2cccs2)cc1. The van der Waals surface area contributed by atoms with Crippen LogP contribution in [0, 0.1) is 6.92 Å². The van der Waals surface area contributed by atoms with Crippen molar-refractivity contribution in [1.29, 1.82) is 0 Å². The quantitative estimate of drug-likeness (QED) is 0.908. The van der Waals surface area contributed by atoms with Gasteiger partial charge in [-0.15, -0.1) is 11.3 Å². The zero-order valence-corrected chi connectivity index (χ0v) is 13.3. The van der Waals surface area contributed by atoms with Crippen LogP contribution in [0.3, 0.4) is 0 Å². The summed E-state index contributed by atoms with van der Waals surface area (Å²) in [5, 5.41) is 4.50. The molecular weight excluding hydrogens is 308 g/mol. The summed E-state index contributed by atoms with van der Waals surface area (Å²) in [4.78, 5) is 12.8. The van der Waals surface area contributed by atoms with Crippen LogP contribution in [0.5, 0.6) is 0 Å². The Bertz CT molecular complexity index is 707. The van der Waals surface area contributed by atoms with E-state index in [1.54, 1.807) is 19.1 Å². The lowest BCUT2D eigenvalue weighted by atomic mass is 10.2. The minimum Gasteiger partial charge on any atom is -0.330 e. The molecule has 0 spiro atoms. The summed E-state index contributed by atoms with van der Waals surface area (Å²) in [5.74, 6) is 0. The maximum Gasteiger partial charge on any atom is 0.329 e. The number of nitrogens with one attached hydrogen (secondary N) is 2. The molecule has 2 N–H and O–H groups in total. The molecule has 1 atom stereocenters. The lowest BCUT2D eigenvalue weighted by Gasteiger charge is -2.13. The van der Waals surface area contributed by atoms with Crippen LogP contribution in [0.2, 0.25) is 0 Å². The van der Waals surface area contributed by atoms with Gasteiger partial charge in [0.2, 0.25) is 0 Å². The summed E-state index contributed by atoms with van der Waals surface area (Å²) in [7, 11) is -3.85. The summed E-state index contributed by atoms with van der Waals surface area (Å²) in [6, 6.07) is 9.06. The van der Waals surface area contributed by atoms with Gasteiger partial charge in [-0.1, -0.05) is 23.8 Å². The highest BCUT2D eigenvalue weighted by Crippen LogP contribution is 2.18. The van der Waals surface area contributed by atoms with Gasteiger partial charge in [0, 0.05) is 4.88 Å². The van der Waals surface area contributed by atoms with E-state index < -0.39 is 16.1 Å². The van der Waals surface area contributed by atoms with Crippen molar-refractivity contribution in [1.82, 2.24) is 10.0 Å². The van der Waals surface area contributed by atoms with E-state index >= 15 is 0 Å². The normalized spacial score (nSPS) is 12.7. The first-order chi connectivity index (χ1) is 9.88. The van der Waals surface area contributed by atoms with Gasteiger partial charge in [0.15, 0.2) is 0 Å². The Hall–Kier alpha value is -1.86. The number of carbonyl (C=O) groups is 1. The van der Waals surface area contributed by atoms with Gasteiger partial charge >= 0.3 is 6.03 Å². The summed E-state index contributed by atoms with van der Waals surface area (Å²) in [6.07, 6.45) is 0. The second-order valence-electron chi connectivity index (χ2n) is 4.63. The van der Waals surface area contributed by atoms with Gasteiger partial charge < -0.3 is 5.32 Å². The fourth-order valence-corrected chi connectivity index (χ4v) is 3.38. The molecule has 0 fully saturated rings. The van der Waals surface area contributed by atoms with Crippen molar-refractivity contribution in [2.24, 2.45) is 0 Å². The van der Waals surface area contributed by atoms with Crippen LogP contribution in [0.4, 0.5) is 4.79 Å². The molecule has 7 heteroatoms. The Kier molecular flexibility index (Phi) is 4.64. The maximum absolute atomic E-state index is 12.1. The lowest BCUT2D eigenvalue weighted by Crippen LogP contribution is -2.40. The summed E-state index contributed by atoms with van der Waals surface area (Å²) < 4.78 is 26.1. The number of hydrogen-bond donors (Lipinski definition) is 2. The zero-order valence-electron chi connectivity index (χ0n) is 11.7. The van der Waals surface area contributed by atoms with Gasteiger partial charge in [-0.3, -0.25) is 0 Å². The van der Waals surface area contributed by atoms with E-state index in [1.165, 1.54) is 23.5 Å². The molecule has 1 unspecified atom stereocenters. The number of benzene rings is 1. The summed E-state index contributed by atoms with van der Waals surface area (Å²) in [5.41, 5.74) is 0.949. The van der Waals surface area contributed by atoms with Crippen molar-refractivity contribution in [3.63, 3.8) is 0 Å². The molecule has 0 aliphatic carbocycles. The van der Waals surface area contributed by atoms with Crippen LogP contribution >= 0.6 is 11.3 Å². The molecule has 2 amide bonds. The zero-order chi connectivity index (χ0) is 15.5. The number of urea groups is 1. The Morgan fingerprint density at radius 2 is 1.86 bits per heavy atom. The van der Waals surface area contributed by atoms with Crippen LogP contribution in [0.25, 0.3) is 0 Å². The number of aryl methyl sites for hydroxylation is 1. The van der Waals surface area contributed by atoms with Gasteiger partial charge in [-0.05, 0) is 37.4 Å². The highest BCUT2D eigenvalue weighted by atomic mass is 32.2. The molecule has 1 heterocycles. The topological polar surface area (TPSA) is 75.3 Å². The molecule has 0 aliphatic heterocycles. The van der Waals surface area contributed by atoms with Crippen LogP contribution in [0.15, 0.2) is 46.7 Å². The van der Waals surface area contributed by atoms with E-state index in [9.17, 15) is 13.2 Å². The minimum absolute atomic E-state index is 0.0621. The van der Waals surface area contributed by atoms with E-state index in [-0.39, 0.29) is 10.9 Å². The fraction of sp³-hybridized carbons (Fsp3) is 0.214. The van der Waals surface area contributed by atoms with Crippen LogP contribution in [-0.2, 0) is 10.0 Å². The maximum atomic E-state index is 12.1. The third kappa shape index (κ3) is 4.05. The van der Waals surface area contributed by atoms with E-state index in [2.05, 4.69) is 5.32 Å². The van der Waals surface area contributed by atoms with Gasteiger partial charge in [0.05, 0.1) is 10.9 Å². The molecule has 0 aliphatic rings. The van der Waals surface area contributed by atoms with Crippen molar-refractivity contribution in [3.8, 4) is 0 Å². The van der Waals surface area contributed by atoms with Crippen molar-refractivity contribution >= 4 is 27.4 Å². The average Bonchev–Trinajstić information content (AvgIpc) is 2.92. The van der Waals surface area contributed by atoms with Gasteiger partial charge in [-0.25, -0.2) is 17.9 Å². The number of carbonyl (C=O) groups excluding carboxylic acids is 1. The van der Waals surface area contributed by atoms with Crippen LogP contribution < -0.4 is 10.0 Å². The third-order valence-electron chi connectivity index (χ3n) is 2.88. The van der Waals surface area contributed by atoms with Crippen LogP contribution in [0.1, 0.15) is 23.4 Å². The van der Waals surface area contributed by atoms with E-state index in [1.807, 2.05) is 29.2 Å². The Morgan fingerprint density at radius 3 is 2.43 bits per heavy atom. The molecular formula is C14H16N2O3S2. The highest BCUT2D eigenvalue weighted by molar-refractivity contribution is 7.90. The molecule has 1 aromatic heterocycles. The first-order valence-corrected chi connectivity index (χ1v) is 8.68. The fourth-order valence-electron chi connectivity index (χ4n) is 1.73. The number of amides is 2. The third-order valence-corrected chi connectivity index (χ3v) is 5.28. The first-order valence-electron chi connectivity index (χ1n) is 6.32. The monoisotopic (exact) mass is 324 g/mol. The van der Waals surface area contributed by atoms with Crippen molar-refractivity contribution < 1.29 is 13.2 Å². The molecule has 2 rings (SSSR count). The highest BCUT2D eigenvalue weighted by Gasteiger charge is 2.19. The number of hydrogen-bond acceptors (Lipinski definition) is 4. The largest absolute Gasteiger partial charge is 0.330 e. The molecule has 0 saturated heterocycles. The Balaban J connectivity index is 2.03. The van der Waals surface area contributed by atoms with Crippen molar-refractivity contribution in [3.05, 3.63) is 52.2 Å². The van der Waals surface area contributed by atoms with Crippen molar-refractivity contribution in [2.75, 3.05) is 0 Å². The van der Waals surface area contributed by atoms with E-state index in [4.69, 9.17) is 0 Å². The predicted octanol–water partition coefficient (Wildman–Crippen LogP) is 2.81. The van der Waals surface area contributed by atoms with Crippen molar-refractivity contribution in [2.45, 2.75) is 24.8 Å². The molecule has 5 nitrogen and oxygen atoms in total.